The lowest BCUT2D eigenvalue weighted by molar-refractivity contribution is 0.109. The zero-order valence-electron chi connectivity index (χ0n) is 5.89. The van der Waals surface area contributed by atoms with Gasteiger partial charge in [-0.2, -0.15) is 12.6 Å². The van der Waals surface area contributed by atoms with E-state index >= 15 is 0 Å². The van der Waals surface area contributed by atoms with Crippen molar-refractivity contribution >= 4 is 12.6 Å². The molecule has 1 fully saturated rings. The molecule has 2 nitrogen and oxygen atoms in total. The number of nitrogens with one attached hydrogen (secondary N) is 1. The van der Waals surface area contributed by atoms with Crippen LogP contribution < -0.4 is 5.32 Å². The maximum atomic E-state index is 5.01. The van der Waals surface area contributed by atoms with Crippen LogP contribution in [0.2, 0.25) is 0 Å². The van der Waals surface area contributed by atoms with Gasteiger partial charge in [0, 0.05) is 13.1 Å². The smallest absolute Gasteiger partial charge is 0.0591 e. The zero-order chi connectivity index (χ0) is 6.95. The third kappa shape index (κ3) is 8.27. The second kappa shape index (κ2) is 8.27. The van der Waals surface area contributed by atoms with Crippen LogP contribution >= 0.6 is 12.6 Å². The monoisotopic (exact) mass is 149 g/mol. The van der Waals surface area contributed by atoms with E-state index in [-0.39, 0.29) is 0 Å². The predicted octanol–water partition coefficient (Wildman–Crippen LogP) is 0.542. The zero-order valence-corrected chi connectivity index (χ0v) is 6.79. The quantitative estimate of drug-likeness (QED) is 0.491. The number of hydrogen-bond acceptors (Lipinski definition) is 3. The van der Waals surface area contributed by atoms with Gasteiger partial charge in [-0.3, -0.25) is 0 Å². The van der Waals surface area contributed by atoms with Crippen molar-refractivity contribution in [2.24, 2.45) is 0 Å². The summed E-state index contributed by atoms with van der Waals surface area (Å²) in [6.07, 6.45) is 0. The standard InChI is InChI=1S/C4H9NO.C2H6S/c1-3-6-4-2-5-1;1-2-3/h5H,1-4H2;3H,2H2,1H3. The molecule has 0 amide bonds. The number of morpholine rings is 1. The lowest BCUT2D eigenvalue weighted by Gasteiger charge is -2.10. The van der Waals surface area contributed by atoms with Crippen LogP contribution in [-0.4, -0.2) is 32.1 Å². The van der Waals surface area contributed by atoms with Crippen LogP contribution in [0, 0.1) is 0 Å². The van der Waals surface area contributed by atoms with Crippen LogP contribution in [0.4, 0.5) is 0 Å². The molecule has 1 saturated heterocycles. The minimum atomic E-state index is 0.889. The molecule has 0 spiro atoms. The van der Waals surface area contributed by atoms with Gasteiger partial charge in [0.1, 0.15) is 0 Å². The SMILES string of the molecule is C1COCCN1.CCS. The van der Waals surface area contributed by atoms with E-state index in [0.29, 0.717) is 0 Å². The van der Waals surface area contributed by atoms with Crippen LogP contribution in [0.25, 0.3) is 0 Å². The fraction of sp³-hybridized carbons (Fsp3) is 1.00. The van der Waals surface area contributed by atoms with Crippen LogP contribution in [-0.2, 0) is 4.74 Å². The average Bonchev–Trinajstić information content (AvgIpc) is 1.93. The van der Waals surface area contributed by atoms with E-state index in [9.17, 15) is 0 Å². The van der Waals surface area contributed by atoms with E-state index in [4.69, 9.17) is 4.74 Å². The van der Waals surface area contributed by atoms with Crippen LogP contribution in [0.1, 0.15) is 6.92 Å². The third-order valence-electron chi connectivity index (χ3n) is 0.846. The second-order valence-corrected chi connectivity index (χ2v) is 2.31. The Bertz CT molecular complexity index is 36.8. The molecule has 1 aliphatic heterocycles. The first-order chi connectivity index (χ1) is 4.41. The largest absolute Gasteiger partial charge is 0.379 e. The van der Waals surface area contributed by atoms with Crippen molar-refractivity contribution in [1.29, 1.82) is 0 Å². The van der Waals surface area contributed by atoms with E-state index < -0.39 is 0 Å². The topological polar surface area (TPSA) is 21.3 Å². The maximum Gasteiger partial charge on any atom is 0.0591 e. The van der Waals surface area contributed by atoms with E-state index in [2.05, 4.69) is 17.9 Å². The van der Waals surface area contributed by atoms with Gasteiger partial charge < -0.3 is 10.1 Å². The first-order valence-corrected chi connectivity index (χ1v) is 3.94. The molecule has 0 aromatic heterocycles. The van der Waals surface area contributed by atoms with Crippen molar-refractivity contribution in [2.45, 2.75) is 6.92 Å². The van der Waals surface area contributed by atoms with Crippen LogP contribution in [0.15, 0.2) is 0 Å². The van der Waals surface area contributed by atoms with E-state index in [1.54, 1.807) is 0 Å². The molecule has 0 saturated carbocycles. The number of thiol groups is 1. The normalized spacial score (nSPS) is 18.0. The second-order valence-electron chi connectivity index (χ2n) is 1.68. The number of ether oxygens (including phenoxy) is 1. The van der Waals surface area contributed by atoms with Gasteiger partial charge in [-0.25, -0.2) is 0 Å². The molecule has 9 heavy (non-hydrogen) atoms. The Balaban J connectivity index is 0.000000187. The van der Waals surface area contributed by atoms with Gasteiger partial charge in [-0.05, 0) is 5.75 Å². The van der Waals surface area contributed by atoms with Gasteiger partial charge in [0.25, 0.3) is 0 Å². The highest BCUT2D eigenvalue weighted by Crippen LogP contribution is 1.76. The van der Waals surface area contributed by atoms with Gasteiger partial charge in [-0.15, -0.1) is 0 Å². The molecular weight excluding hydrogens is 134 g/mol. The Labute approximate surface area is 62.4 Å². The summed E-state index contributed by atoms with van der Waals surface area (Å²) in [5.41, 5.74) is 0. The van der Waals surface area contributed by atoms with Crippen molar-refractivity contribution < 1.29 is 4.74 Å². The summed E-state index contributed by atoms with van der Waals surface area (Å²) in [5.74, 6) is 0.944. The van der Waals surface area contributed by atoms with Gasteiger partial charge in [-0.1, -0.05) is 6.92 Å². The average molecular weight is 149 g/mol. The Hall–Kier alpha value is 0.270. The molecule has 1 rings (SSSR count). The molecule has 0 radical (unpaired) electrons. The van der Waals surface area contributed by atoms with Crippen molar-refractivity contribution in [3.63, 3.8) is 0 Å². The molecule has 0 aromatic rings. The summed E-state index contributed by atoms with van der Waals surface area (Å²) in [7, 11) is 0. The minimum Gasteiger partial charge on any atom is -0.379 e. The molecule has 56 valence electrons. The summed E-state index contributed by atoms with van der Waals surface area (Å²) < 4.78 is 5.01. The van der Waals surface area contributed by atoms with E-state index in [1.807, 2.05) is 6.92 Å². The molecular formula is C6H15NOS. The van der Waals surface area contributed by atoms with Crippen molar-refractivity contribution in [1.82, 2.24) is 5.32 Å². The lowest BCUT2D eigenvalue weighted by atomic mass is 10.5. The highest BCUT2D eigenvalue weighted by Gasteiger charge is 1.92. The summed E-state index contributed by atoms with van der Waals surface area (Å²) >= 11 is 3.79. The fourth-order valence-corrected chi connectivity index (χ4v) is 0.516. The Morgan fingerprint density at radius 1 is 1.44 bits per heavy atom. The van der Waals surface area contributed by atoms with E-state index in [0.717, 1.165) is 32.1 Å². The number of rotatable bonds is 0. The van der Waals surface area contributed by atoms with Gasteiger partial charge in [0.2, 0.25) is 0 Å². The van der Waals surface area contributed by atoms with Gasteiger partial charge >= 0.3 is 0 Å². The molecule has 1 aliphatic rings. The minimum absolute atomic E-state index is 0.889. The predicted molar refractivity (Wildman–Crippen MR) is 43.2 cm³/mol. The molecule has 0 atom stereocenters. The van der Waals surface area contributed by atoms with Crippen molar-refractivity contribution in [3.05, 3.63) is 0 Å². The van der Waals surface area contributed by atoms with Gasteiger partial charge in [0.05, 0.1) is 13.2 Å². The summed E-state index contributed by atoms with van der Waals surface area (Å²) in [6, 6.07) is 0. The maximum absolute atomic E-state index is 5.01. The molecule has 0 bridgehead atoms. The summed E-state index contributed by atoms with van der Waals surface area (Å²) in [5, 5.41) is 3.16. The fourth-order valence-electron chi connectivity index (χ4n) is 0.516. The molecule has 0 aliphatic carbocycles. The lowest BCUT2D eigenvalue weighted by Crippen LogP contribution is -2.30. The van der Waals surface area contributed by atoms with Crippen molar-refractivity contribution in [2.75, 3.05) is 32.1 Å². The Morgan fingerprint density at radius 2 is 1.89 bits per heavy atom. The molecule has 0 aromatic carbocycles. The van der Waals surface area contributed by atoms with Gasteiger partial charge in [0.15, 0.2) is 0 Å². The molecule has 1 N–H and O–H groups in total. The molecule has 3 heteroatoms. The highest BCUT2D eigenvalue weighted by atomic mass is 32.1. The summed E-state index contributed by atoms with van der Waals surface area (Å²) in [4.78, 5) is 0. The van der Waals surface area contributed by atoms with Crippen LogP contribution in [0.5, 0.6) is 0 Å². The van der Waals surface area contributed by atoms with E-state index in [1.165, 1.54) is 0 Å². The number of hydrogen-bond donors (Lipinski definition) is 2. The first-order valence-electron chi connectivity index (χ1n) is 3.31. The van der Waals surface area contributed by atoms with Crippen LogP contribution in [0.3, 0.4) is 0 Å². The first kappa shape index (κ1) is 9.27. The Kier molecular flexibility index (Phi) is 8.52. The third-order valence-corrected chi connectivity index (χ3v) is 0.846. The summed E-state index contributed by atoms with van der Waals surface area (Å²) in [6.45, 7) is 5.82. The highest BCUT2D eigenvalue weighted by molar-refractivity contribution is 7.80. The van der Waals surface area contributed by atoms with Crippen molar-refractivity contribution in [3.8, 4) is 0 Å². The molecule has 1 heterocycles. The Morgan fingerprint density at radius 3 is 2.00 bits per heavy atom. The molecule has 0 unspecified atom stereocenters.